The highest BCUT2D eigenvalue weighted by atomic mass is 16.6. The van der Waals surface area contributed by atoms with Crippen molar-refractivity contribution in [3.63, 3.8) is 0 Å². The van der Waals surface area contributed by atoms with Crippen LogP contribution < -0.4 is 5.32 Å². The fourth-order valence-corrected chi connectivity index (χ4v) is 10.1. The van der Waals surface area contributed by atoms with Crippen molar-refractivity contribution in [3.05, 3.63) is 82.9 Å². The normalized spacial score (nSPS) is 32.9. The number of amides is 1. The number of esters is 3. The van der Waals surface area contributed by atoms with Crippen molar-refractivity contribution in [2.75, 3.05) is 6.61 Å². The molecule has 1 amide bonds. The van der Waals surface area contributed by atoms with Crippen molar-refractivity contribution >= 4 is 45.9 Å². The minimum absolute atomic E-state index is 0.121. The Hall–Kier alpha value is -4.54. The van der Waals surface area contributed by atoms with Gasteiger partial charge in [0.15, 0.2) is 17.5 Å². The van der Waals surface area contributed by atoms with Crippen LogP contribution in [0, 0.1) is 16.7 Å². The third-order valence-corrected chi connectivity index (χ3v) is 13.0. The summed E-state index contributed by atoms with van der Waals surface area (Å²) in [6, 6.07) is 15.1. The first-order valence-corrected chi connectivity index (χ1v) is 20.1. The Morgan fingerprint density at radius 1 is 0.950 bits per heavy atom. The van der Waals surface area contributed by atoms with Gasteiger partial charge in [0.1, 0.15) is 35.6 Å². The molecule has 0 radical (unpaired) electrons. The van der Waals surface area contributed by atoms with E-state index in [0.29, 0.717) is 11.1 Å². The molecule has 17 heteroatoms. The minimum Gasteiger partial charge on any atom is -0.456 e. The molecule has 15 nitrogen and oxygen atoms in total. The quantitative estimate of drug-likeness (QED) is 0.136. The number of nitrogens with one attached hydrogen (secondary N) is 1. The Morgan fingerprint density at radius 3 is 2.10 bits per heavy atom. The Labute approximate surface area is 351 Å². The van der Waals surface area contributed by atoms with Gasteiger partial charge in [0.05, 0.1) is 35.6 Å². The molecular weight excluding hydrogens is 776 g/mol. The van der Waals surface area contributed by atoms with Crippen LogP contribution in [0.3, 0.4) is 0 Å². The maximum atomic E-state index is 15.5. The van der Waals surface area contributed by atoms with E-state index in [-0.39, 0.29) is 24.2 Å². The fourth-order valence-electron chi connectivity index (χ4n) is 10.1. The zero-order chi connectivity index (χ0) is 44.2. The summed E-state index contributed by atoms with van der Waals surface area (Å²) in [7, 11) is 2.78. The number of carbonyl (C=O) groups is 5. The number of ketones is 1. The van der Waals surface area contributed by atoms with Gasteiger partial charge in [-0.25, -0.2) is 14.4 Å². The smallest absolute Gasteiger partial charge is 0.408 e. The zero-order valence-corrected chi connectivity index (χ0v) is 35.8. The molecular formula is C43H55B2NO14. The summed E-state index contributed by atoms with van der Waals surface area (Å²) >= 11 is 0. The minimum atomic E-state index is -2.22. The topological polar surface area (TPSA) is 202 Å². The first-order valence-electron chi connectivity index (χ1n) is 20.1. The van der Waals surface area contributed by atoms with E-state index in [1.54, 1.807) is 109 Å². The molecule has 3 fully saturated rings. The van der Waals surface area contributed by atoms with Crippen LogP contribution in [0.1, 0.15) is 90.2 Å². The second-order valence-corrected chi connectivity index (χ2v) is 18.0. The van der Waals surface area contributed by atoms with Gasteiger partial charge in [-0.2, -0.15) is 0 Å². The van der Waals surface area contributed by atoms with Gasteiger partial charge in [-0.05, 0) is 63.5 Å². The molecule has 3 N–H and O–H groups in total. The van der Waals surface area contributed by atoms with Crippen LogP contribution >= 0.6 is 0 Å². The number of hydrogen-bond acceptors (Lipinski definition) is 14. The monoisotopic (exact) mass is 831 g/mol. The molecule has 4 aliphatic rings. The lowest BCUT2D eigenvalue weighted by atomic mass is 9.44. The number of rotatable bonds is 10. The van der Waals surface area contributed by atoms with Crippen molar-refractivity contribution in [3.8, 4) is 0 Å². The lowest BCUT2D eigenvalue weighted by molar-refractivity contribution is -0.343. The van der Waals surface area contributed by atoms with Gasteiger partial charge in [0, 0.05) is 25.2 Å². The van der Waals surface area contributed by atoms with Crippen LogP contribution in [0.2, 0.25) is 0 Å². The Bertz CT molecular complexity index is 2020. The van der Waals surface area contributed by atoms with Crippen molar-refractivity contribution in [1.82, 2.24) is 5.32 Å². The van der Waals surface area contributed by atoms with E-state index < -0.39 is 112 Å². The van der Waals surface area contributed by atoms with E-state index in [9.17, 15) is 29.4 Å². The molecule has 1 aliphatic heterocycles. The third kappa shape index (κ3) is 7.56. The van der Waals surface area contributed by atoms with Crippen LogP contribution in [0.4, 0.5) is 4.79 Å². The van der Waals surface area contributed by atoms with Crippen LogP contribution in [0.15, 0.2) is 71.8 Å². The highest BCUT2D eigenvalue weighted by Gasteiger charge is 2.78. The Balaban J connectivity index is 1.52. The second kappa shape index (κ2) is 16.4. The van der Waals surface area contributed by atoms with Crippen molar-refractivity contribution < 1.29 is 67.2 Å². The van der Waals surface area contributed by atoms with Gasteiger partial charge < -0.3 is 48.5 Å². The van der Waals surface area contributed by atoms with E-state index in [2.05, 4.69) is 5.32 Å². The molecule has 0 spiro atoms. The summed E-state index contributed by atoms with van der Waals surface area (Å²) in [5.41, 5.74) is -6.72. The lowest BCUT2D eigenvalue weighted by Crippen LogP contribution is -2.82. The Kier molecular flexibility index (Phi) is 12.3. The van der Waals surface area contributed by atoms with Gasteiger partial charge in [-0.3, -0.25) is 9.59 Å². The molecule has 2 saturated carbocycles. The SMILES string of the molecule is BO[C@H]1C(=O)[C@]2(C)[C@@H](OB)C[C@H]3OC[C@@]3(OC(C)=O)[C@H]2[C@H](OC(=O)c2ccccc2)[C@]2(O)C[C@H](OC(=O)[C@H](O)[C@@H](NC(=O)OC(C)(C)C)c3ccccc3)C(C)=C1C2(C)C. The number of Topliss-reactive ketones (excluding diaryl/α,β-unsaturated/α-hetero) is 1. The molecule has 2 aromatic carbocycles. The van der Waals surface area contributed by atoms with Gasteiger partial charge in [0.25, 0.3) is 16.1 Å². The average molecular weight is 832 g/mol. The molecule has 0 unspecified atom stereocenters. The van der Waals surface area contributed by atoms with Crippen molar-refractivity contribution in [2.24, 2.45) is 16.7 Å². The number of benzene rings is 2. The summed E-state index contributed by atoms with van der Waals surface area (Å²) in [4.78, 5) is 70.1. The number of aliphatic hydroxyl groups excluding tert-OH is 1. The standard InChI is InChI=1S/C43H55B2NO14/c1-22-26(55-37(51)31(48)30(24-15-11-9-12-16-24)46-38(52)58-39(3,4)5)20-43(53)35(56-36(50)25-17-13-10-14-18-25)33-41(8,34(49)32(60-45)29(22)40(43,6)7)27(59-44)19-28-42(33,21-54-28)57-23(2)47/h9-18,26-28,30-33,35,48,53H,19-21,44-45H2,1-8H3,(H,46,52)/t26-,27-,28+,30-,31+,32+,33-,35-,41+,42-,43+/m0/s1. The highest BCUT2D eigenvalue weighted by molar-refractivity contribution is 6.03. The Morgan fingerprint density at radius 2 is 1.57 bits per heavy atom. The molecule has 0 aromatic heterocycles. The second-order valence-electron chi connectivity index (χ2n) is 18.0. The van der Waals surface area contributed by atoms with Gasteiger partial charge in [-0.1, -0.05) is 62.4 Å². The first kappa shape index (κ1) is 45.0. The van der Waals surface area contributed by atoms with E-state index in [1.807, 2.05) is 0 Å². The molecule has 2 bridgehead atoms. The predicted molar refractivity (Wildman–Crippen MR) is 218 cm³/mol. The summed E-state index contributed by atoms with van der Waals surface area (Å²) in [5.74, 6) is -4.52. The lowest BCUT2D eigenvalue weighted by Gasteiger charge is -2.68. The number of fused-ring (bicyclic) bond motifs is 5. The fraction of sp³-hybridized carbons (Fsp3) is 0.558. The van der Waals surface area contributed by atoms with Crippen LogP contribution in [0.5, 0.6) is 0 Å². The molecule has 1 heterocycles. The van der Waals surface area contributed by atoms with E-state index in [4.69, 9.17) is 33.0 Å². The van der Waals surface area contributed by atoms with E-state index in [1.165, 1.54) is 23.0 Å². The summed E-state index contributed by atoms with van der Waals surface area (Å²) < 4.78 is 42.4. The molecule has 322 valence electrons. The molecule has 11 atom stereocenters. The number of ether oxygens (including phenoxy) is 5. The number of aliphatic hydroxyl groups is 2. The highest BCUT2D eigenvalue weighted by Crippen LogP contribution is 2.64. The maximum Gasteiger partial charge on any atom is 0.408 e. The first-order chi connectivity index (χ1) is 28.1. The van der Waals surface area contributed by atoms with Gasteiger partial charge in [-0.15, -0.1) is 0 Å². The maximum absolute atomic E-state index is 15.5. The number of alkyl carbamates (subject to hydrolysis) is 1. The van der Waals surface area contributed by atoms with Crippen LogP contribution in [0.25, 0.3) is 0 Å². The number of hydrogen-bond donors (Lipinski definition) is 3. The molecule has 6 rings (SSSR count). The zero-order valence-electron chi connectivity index (χ0n) is 35.8. The summed E-state index contributed by atoms with van der Waals surface area (Å²) in [5, 5.41) is 28.0. The van der Waals surface area contributed by atoms with Crippen LogP contribution in [-0.2, 0) is 47.4 Å². The largest absolute Gasteiger partial charge is 0.456 e. The predicted octanol–water partition coefficient (Wildman–Crippen LogP) is 2.40. The van der Waals surface area contributed by atoms with Crippen molar-refractivity contribution in [1.29, 1.82) is 0 Å². The van der Waals surface area contributed by atoms with Gasteiger partial charge >= 0.3 is 24.0 Å². The van der Waals surface area contributed by atoms with E-state index in [0.717, 1.165) is 0 Å². The van der Waals surface area contributed by atoms with E-state index >= 15 is 4.79 Å². The molecule has 3 aliphatic carbocycles. The number of carbonyl (C=O) groups excluding carboxylic acids is 5. The third-order valence-electron chi connectivity index (χ3n) is 13.0. The molecule has 1 saturated heterocycles. The van der Waals surface area contributed by atoms with Gasteiger partial charge in [0.2, 0.25) is 0 Å². The summed E-state index contributed by atoms with van der Waals surface area (Å²) in [6.07, 6.45) is -9.31. The molecule has 60 heavy (non-hydrogen) atoms. The van der Waals surface area contributed by atoms with Crippen molar-refractivity contribution in [2.45, 2.75) is 128 Å². The average Bonchev–Trinajstić information content (AvgIpc) is 3.18. The summed E-state index contributed by atoms with van der Waals surface area (Å²) in [6.45, 7) is 12.7. The molecule has 2 aromatic rings. The van der Waals surface area contributed by atoms with Crippen LogP contribution in [-0.4, -0.2) is 116 Å².